The molecule has 2 aliphatic rings. The average Bonchev–Trinajstić information content (AvgIpc) is 2.70. The number of nitrogens with one attached hydrogen (secondary N) is 2. The van der Waals surface area contributed by atoms with E-state index in [9.17, 15) is 8.42 Å². The molecule has 1 unspecified atom stereocenters. The quantitative estimate of drug-likeness (QED) is 0.725. The molecule has 2 aliphatic heterocycles. The smallest absolute Gasteiger partial charge is 0.214 e. The first kappa shape index (κ1) is 12.3. The van der Waals surface area contributed by atoms with Crippen molar-refractivity contribution in [2.24, 2.45) is 0 Å². The van der Waals surface area contributed by atoms with E-state index in [4.69, 9.17) is 4.74 Å². The van der Waals surface area contributed by atoms with Gasteiger partial charge in [0.25, 0.3) is 0 Å². The van der Waals surface area contributed by atoms with Crippen molar-refractivity contribution < 1.29 is 13.2 Å². The molecular weight excluding hydrogens is 228 g/mol. The normalized spacial score (nSPS) is 31.8. The molecule has 0 aliphatic carbocycles. The number of hydrogen-bond donors (Lipinski definition) is 2. The molecule has 0 amide bonds. The van der Waals surface area contributed by atoms with E-state index in [2.05, 4.69) is 10.0 Å². The Hall–Kier alpha value is -0.170. The molecule has 2 fully saturated rings. The minimum atomic E-state index is -3.18. The van der Waals surface area contributed by atoms with Crippen molar-refractivity contribution in [3.8, 4) is 0 Å². The molecule has 2 heterocycles. The van der Waals surface area contributed by atoms with E-state index in [1.165, 1.54) is 0 Å². The summed E-state index contributed by atoms with van der Waals surface area (Å²) in [5.41, 5.74) is 0. The maximum Gasteiger partial charge on any atom is 0.214 e. The van der Waals surface area contributed by atoms with Gasteiger partial charge >= 0.3 is 0 Å². The van der Waals surface area contributed by atoms with Crippen molar-refractivity contribution in [3.63, 3.8) is 0 Å². The van der Waals surface area contributed by atoms with Crippen molar-refractivity contribution in [2.45, 2.75) is 37.8 Å². The van der Waals surface area contributed by atoms with Crippen molar-refractivity contribution in [1.82, 2.24) is 10.0 Å². The minimum absolute atomic E-state index is 0.0557. The van der Waals surface area contributed by atoms with Crippen LogP contribution in [0.1, 0.15) is 25.7 Å². The van der Waals surface area contributed by atoms with Gasteiger partial charge in [-0.1, -0.05) is 0 Å². The highest BCUT2D eigenvalue weighted by molar-refractivity contribution is 7.89. The molecule has 0 bridgehead atoms. The lowest BCUT2D eigenvalue weighted by atomic mass is 10.1. The van der Waals surface area contributed by atoms with Gasteiger partial charge in [0.15, 0.2) is 0 Å². The van der Waals surface area contributed by atoms with Gasteiger partial charge in [-0.3, -0.25) is 0 Å². The second kappa shape index (κ2) is 5.44. The summed E-state index contributed by atoms with van der Waals surface area (Å²) in [7, 11) is -3.18. The Kier molecular flexibility index (Phi) is 4.18. The zero-order valence-electron chi connectivity index (χ0n) is 9.44. The Bertz CT molecular complexity index is 306. The van der Waals surface area contributed by atoms with Gasteiger partial charge in [0.1, 0.15) is 0 Å². The summed E-state index contributed by atoms with van der Waals surface area (Å²) in [6.07, 6.45) is 3.70. The number of sulfonamides is 1. The number of hydrogen-bond acceptors (Lipinski definition) is 4. The fourth-order valence-corrected chi connectivity index (χ4v) is 3.83. The second-order valence-corrected chi connectivity index (χ2v) is 6.38. The maximum atomic E-state index is 11.8. The van der Waals surface area contributed by atoms with Crippen LogP contribution in [0.15, 0.2) is 0 Å². The van der Waals surface area contributed by atoms with Gasteiger partial charge in [0, 0.05) is 19.2 Å². The summed E-state index contributed by atoms with van der Waals surface area (Å²) in [6.45, 7) is 2.43. The summed E-state index contributed by atoms with van der Waals surface area (Å²) in [5.74, 6) is 0.115. The third-order valence-corrected chi connectivity index (χ3v) is 4.58. The van der Waals surface area contributed by atoms with E-state index in [0.29, 0.717) is 6.61 Å². The van der Waals surface area contributed by atoms with Gasteiger partial charge in [-0.2, -0.15) is 0 Å². The molecule has 0 radical (unpaired) electrons. The first-order chi connectivity index (χ1) is 7.66. The molecule has 2 atom stereocenters. The van der Waals surface area contributed by atoms with Crippen molar-refractivity contribution in [1.29, 1.82) is 0 Å². The van der Waals surface area contributed by atoms with Crippen LogP contribution in [0.5, 0.6) is 0 Å². The van der Waals surface area contributed by atoms with E-state index in [1.54, 1.807) is 0 Å². The summed E-state index contributed by atoms with van der Waals surface area (Å²) >= 11 is 0. The molecule has 16 heavy (non-hydrogen) atoms. The van der Waals surface area contributed by atoms with Gasteiger partial charge in [0.05, 0.1) is 11.9 Å². The van der Waals surface area contributed by atoms with Crippen LogP contribution in [0.2, 0.25) is 0 Å². The van der Waals surface area contributed by atoms with Crippen molar-refractivity contribution in [3.05, 3.63) is 0 Å². The van der Waals surface area contributed by atoms with Gasteiger partial charge < -0.3 is 10.1 Å². The first-order valence-corrected chi connectivity index (χ1v) is 7.63. The fourth-order valence-electron chi connectivity index (χ4n) is 2.27. The summed E-state index contributed by atoms with van der Waals surface area (Å²) in [5, 5.41) is 3.19. The fraction of sp³-hybridized carbons (Fsp3) is 1.00. The van der Waals surface area contributed by atoms with Crippen LogP contribution in [-0.4, -0.2) is 46.0 Å². The highest BCUT2D eigenvalue weighted by Gasteiger charge is 2.26. The van der Waals surface area contributed by atoms with Crippen LogP contribution in [-0.2, 0) is 14.8 Å². The molecule has 6 heteroatoms. The molecule has 0 saturated carbocycles. The largest absolute Gasteiger partial charge is 0.377 e. The predicted molar refractivity (Wildman–Crippen MR) is 61.8 cm³/mol. The van der Waals surface area contributed by atoms with E-state index < -0.39 is 10.0 Å². The molecule has 0 spiro atoms. The summed E-state index contributed by atoms with van der Waals surface area (Å²) < 4.78 is 31.8. The Labute approximate surface area is 97.0 Å². The maximum absolute atomic E-state index is 11.8. The van der Waals surface area contributed by atoms with Crippen LogP contribution in [0, 0.1) is 0 Å². The van der Waals surface area contributed by atoms with Crippen LogP contribution in [0.3, 0.4) is 0 Å². The third-order valence-electron chi connectivity index (χ3n) is 3.07. The molecule has 0 aromatic rings. The van der Waals surface area contributed by atoms with Crippen molar-refractivity contribution >= 4 is 10.0 Å². The number of piperidine rings is 1. The SMILES string of the molecule is O=S(=O)(CC1CCCO1)N[C@@H]1CCCNC1. The Morgan fingerprint density at radius 1 is 1.31 bits per heavy atom. The van der Waals surface area contributed by atoms with Crippen LogP contribution in [0.25, 0.3) is 0 Å². The van der Waals surface area contributed by atoms with Gasteiger partial charge in [-0.05, 0) is 32.2 Å². The number of rotatable bonds is 4. The monoisotopic (exact) mass is 248 g/mol. The molecule has 2 rings (SSSR count). The highest BCUT2D eigenvalue weighted by Crippen LogP contribution is 2.14. The summed E-state index contributed by atoms with van der Waals surface area (Å²) in [6, 6.07) is 0.0557. The minimum Gasteiger partial charge on any atom is -0.377 e. The third kappa shape index (κ3) is 3.69. The topological polar surface area (TPSA) is 67.4 Å². The molecule has 0 aromatic heterocycles. The van der Waals surface area contributed by atoms with Gasteiger partial charge in [0.2, 0.25) is 10.0 Å². The summed E-state index contributed by atoms with van der Waals surface area (Å²) in [4.78, 5) is 0. The number of ether oxygens (including phenoxy) is 1. The standard InChI is InChI=1S/C10H20N2O3S/c13-16(14,8-10-4-2-6-15-10)12-9-3-1-5-11-7-9/h9-12H,1-8H2/t9-,10?/m1/s1. The van der Waals surface area contributed by atoms with E-state index in [-0.39, 0.29) is 17.9 Å². The average molecular weight is 248 g/mol. The van der Waals surface area contributed by atoms with Crippen molar-refractivity contribution in [2.75, 3.05) is 25.4 Å². The van der Waals surface area contributed by atoms with Crippen LogP contribution in [0.4, 0.5) is 0 Å². The molecule has 2 N–H and O–H groups in total. The van der Waals surface area contributed by atoms with Crippen LogP contribution < -0.4 is 10.0 Å². The lowest BCUT2D eigenvalue weighted by Gasteiger charge is -2.24. The predicted octanol–water partition coefficient (Wildman–Crippen LogP) is -0.163. The molecule has 94 valence electrons. The first-order valence-electron chi connectivity index (χ1n) is 5.98. The van der Waals surface area contributed by atoms with Gasteiger partial charge in [-0.15, -0.1) is 0 Å². The second-order valence-electron chi connectivity index (χ2n) is 4.58. The Morgan fingerprint density at radius 2 is 2.19 bits per heavy atom. The lowest BCUT2D eigenvalue weighted by Crippen LogP contribution is -2.47. The van der Waals surface area contributed by atoms with E-state index >= 15 is 0 Å². The molecule has 2 saturated heterocycles. The lowest BCUT2D eigenvalue weighted by molar-refractivity contribution is 0.127. The zero-order chi connectivity index (χ0) is 11.4. The van der Waals surface area contributed by atoms with E-state index in [0.717, 1.165) is 38.8 Å². The highest BCUT2D eigenvalue weighted by atomic mass is 32.2. The van der Waals surface area contributed by atoms with E-state index in [1.807, 2.05) is 0 Å². The Balaban J connectivity index is 1.81. The zero-order valence-corrected chi connectivity index (χ0v) is 10.3. The molecule has 5 nitrogen and oxygen atoms in total. The Morgan fingerprint density at radius 3 is 2.81 bits per heavy atom. The van der Waals surface area contributed by atoms with Gasteiger partial charge in [-0.25, -0.2) is 13.1 Å². The molecule has 0 aromatic carbocycles. The molecular formula is C10H20N2O3S. The van der Waals surface area contributed by atoms with Crippen LogP contribution >= 0.6 is 0 Å².